The number of nitrogens with one attached hydrogen (secondary N) is 1. The zero-order chi connectivity index (χ0) is 20.5. The van der Waals surface area contributed by atoms with Crippen molar-refractivity contribution in [1.29, 1.82) is 0 Å². The van der Waals surface area contributed by atoms with Gasteiger partial charge in [-0.2, -0.15) is 0 Å². The van der Waals surface area contributed by atoms with Crippen molar-refractivity contribution in [2.45, 2.75) is 26.4 Å². The van der Waals surface area contributed by atoms with Gasteiger partial charge < -0.3 is 14.6 Å². The van der Waals surface area contributed by atoms with E-state index in [1.807, 2.05) is 62.4 Å². The second-order valence-electron chi connectivity index (χ2n) is 7.14. The number of aromatic nitrogens is 3. The number of ether oxygens (including phenoxy) is 1. The second-order valence-corrected chi connectivity index (χ2v) is 7.14. The molecule has 0 aliphatic heterocycles. The number of hydrogen-bond acceptors (Lipinski definition) is 4. The highest BCUT2D eigenvalue weighted by molar-refractivity contribution is 5.85. The minimum atomic E-state index is -0.202. The van der Waals surface area contributed by atoms with Gasteiger partial charge in [-0.25, -0.2) is 9.38 Å². The van der Waals surface area contributed by atoms with E-state index < -0.39 is 0 Å². The Balaban J connectivity index is 1.95. The average Bonchev–Trinajstić information content (AvgIpc) is 3.01. The van der Waals surface area contributed by atoms with Crippen LogP contribution in [-0.2, 0) is 11.3 Å². The van der Waals surface area contributed by atoms with Crippen LogP contribution in [0, 0.1) is 0 Å². The molecule has 7 heteroatoms. The molecule has 4 aromatic rings. The minimum Gasteiger partial charge on any atom is -0.497 e. The van der Waals surface area contributed by atoms with E-state index in [0.29, 0.717) is 17.2 Å². The van der Waals surface area contributed by atoms with Crippen LogP contribution in [0.15, 0.2) is 59.4 Å². The number of fused-ring (bicyclic) bond motifs is 3. The van der Waals surface area contributed by atoms with Crippen LogP contribution in [0.3, 0.4) is 0 Å². The Kier molecular flexibility index (Phi) is 4.80. The summed E-state index contributed by atoms with van der Waals surface area (Å²) in [6.07, 6.45) is 0. The normalized spacial score (nSPS) is 11.3. The van der Waals surface area contributed by atoms with Crippen molar-refractivity contribution in [3.05, 3.63) is 65.0 Å². The van der Waals surface area contributed by atoms with Crippen molar-refractivity contribution >= 4 is 22.7 Å². The Morgan fingerprint density at radius 1 is 1.10 bits per heavy atom. The van der Waals surface area contributed by atoms with Crippen molar-refractivity contribution in [1.82, 2.24) is 19.3 Å². The van der Waals surface area contributed by atoms with Crippen molar-refractivity contribution in [2.75, 3.05) is 7.11 Å². The monoisotopic (exact) mass is 390 g/mol. The molecule has 0 aliphatic rings. The fraction of sp³-hybridized carbons (Fsp3) is 0.227. The van der Waals surface area contributed by atoms with Gasteiger partial charge in [-0.05, 0) is 38.1 Å². The molecule has 0 atom stereocenters. The lowest BCUT2D eigenvalue weighted by Crippen LogP contribution is -2.33. The summed E-state index contributed by atoms with van der Waals surface area (Å²) in [6, 6.07) is 16.4. The molecule has 148 valence electrons. The number of rotatable bonds is 5. The summed E-state index contributed by atoms with van der Waals surface area (Å²) in [5.74, 6) is 0.973. The number of carbonyl (C=O) groups excluding carboxylic acids is 1. The van der Waals surface area contributed by atoms with Gasteiger partial charge in [0, 0.05) is 17.7 Å². The Labute approximate surface area is 167 Å². The molecule has 2 aromatic heterocycles. The average molecular weight is 390 g/mol. The Morgan fingerprint density at radius 2 is 1.86 bits per heavy atom. The summed E-state index contributed by atoms with van der Waals surface area (Å²) < 4.78 is 8.61. The van der Waals surface area contributed by atoms with Gasteiger partial charge >= 0.3 is 0 Å². The molecule has 2 aromatic carbocycles. The first-order valence-electron chi connectivity index (χ1n) is 9.43. The van der Waals surface area contributed by atoms with Crippen LogP contribution >= 0.6 is 0 Å². The highest BCUT2D eigenvalue weighted by atomic mass is 16.5. The van der Waals surface area contributed by atoms with Crippen molar-refractivity contribution in [3.63, 3.8) is 0 Å². The van der Waals surface area contributed by atoms with Gasteiger partial charge in [0.05, 0.1) is 23.8 Å². The lowest BCUT2D eigenvalue weighted by Gasteiger charge is -2.10. The Hall–Kier alpha value is -3.61. The zero-order valence-corrected chi connectivity index (χ0v) is 16.5. The third kappa shape index (κ3) is 3.47. The molecule has 29 heavy (non-hydrogen) atoms. The lowest BCUT2D eigenvalue weighted by molar-refractivity contribution is -0.122. The second kappa shape index (κ2) is 7.43. The maximum Gasteiger partial charge on any atom is 0.260 e. The van der Waals surface area contributed by atoms with Crippen LogP contribution < -0.4 is 15.6 Å². The number of para-hydroxylation sites is 2. The van der Waals surface area contributed by atoms with Crippen molar-refractivity contribution < 1.29 is 9.53 Å². The van der Waals surface area contributed by atoms with E-state index >= 15 is 0 Å². The molecule has 0 saturated heterocycles. The molecular formula is C22H22N4O3. The van der Waals surface area contributed by atoms with E-state index in [0.717, 1.165) is 16.6 Å². The molecular weight excluding hydrogens is 368 g/mol. The van der Waals surface area contributed by atoms with Gasteiger partial charge in [0.25, 0.3) is 5.56 Å². The number of methoxy groups -OCH3 is 1. The third-order valence-electron chi connectivity index (χ3n) is 4.67. The van der Waals surface area contributed by atoms with Crippen LogP contribution in [-0.4, -0.2) is 33.0 Å². The molecule has 0 bridgehead atoms. The maximum atomic E-state index is 13.0. The number of carbonyl (C=O) groups is 1. The largest absolute Gasteiger partial charge is 0.497 e. The standard InChI is InChI=1S/C22H22N4O3/c1-14(2)23-20(27)13-25-18-9-4-5-10-19(18)26-21(28)12-17(24-22(25)26)15-7-6-8-16(11-15)29-3/h4-12,14H,13H2,1-3H3,(H,23,27). The highest BCUT2D eigenvalue weighted by Crippen LogP contribution is 2.24. The molecule has 2 heterocycles. The Bertz CT molecular complexity index is 1270. The van der Waals surface area contributed by atoms with Crippen LogP contribution in [0.1, 0.15) is 13.8 Å². The fourth-order valence-corrected chi connectivity index (χ4v) is 3.46. The molecule has 1 amide bonds. The smallest absolute Gasteiger partial charge is 0.260 e. The predicted octanol–water partition coefficient (Wildman–Crippen LogP) is 2.85. The SMILES string of the molecule is COc1cccc(-c2cc(=O)n3c4ccccc4n(CC(=O)NC(C)C)c3n2)c1. The van der Waals surface area contributed by atoms with Gasteiger partial charge in [-0.15, -0.1) is 0 Å². The van der Waals surface area contributed by atoms with E-state index in [1.165, 1.54) is 6.07 Å². The molecule has 7 nitrogen and oxygen atoms in total. The highest BCUT2D eigenvalue weighted by Gasteiger charge is 2.17. The van der Waals surface area contributed by atoms with Crippen LogP contribution in [0.25, 0.3) is 28.1 Å². The zero-order valence-electron chi connectivity index (χ0n) is 16.5. The quantitative estimate of drug-likeness (QED) is 0.568. The van der Waals surface area contributed by atoms with E-state index in [-0.39, 0.29) is 24.1 Å². The van der Waals surface area contributed by atoms with Gasteiger partial charge in [0.15, 0.2) is 0 Å². The van der Waals surface area contributed by atoms with Crippen molar-refractivity contribution in [3.8, 4) is 17.0 Å². The molecule has 0 unspecified atom stereocenters. The molecule has 0 fully saturated rings. The van der Waals surface area contributed by atoms with Gasteiger partial charge in [-0.1, -0.05) is 24.3 Å². The third-order valence-corrected chi connectivity index (χ3v) is 4.67. The Morgan fingerprint density at radius 3 is 2.59 bits per heavy atom. The molecule has 1 N–H and O–H groups in total. The van der Waals surface area contributed by atoms with Gasteiger partial charge in [0.1, 0.15) is 12.3 Å². The first-order valence-corrected chi connectivity index (χ1v) is 9.43. The van der Waals surface area contributed by atoms with Crippen LogP contribution in [0.5, 0.6) is 5.75 Å². The van der Waals surface area contributed by atoms with E-state index in [4.69, 9.17) is 9.72 Å². The molecule has 0 saturated carbocycles. The summed E-state index contributed by atoms with van der Waals surface area (Å²) in [5.41, 5.74) is 2.59. The van der Waals surface area contributed by atoms with Crippen molar-refractivity contribution in [2.24, 2.45) is 0 Å². The minimum absolute atomic E-state index is 0.0265. The predicted molar refractivity (Wildman–Crippen MR) is 112 cm³/mol. The summed E-state index contributed by atoms with van der Waals surface area (Å²) >= 11 is 0. The number of nitrogens with zero attached hydrogens (tertiary/aromatic N) is 3. The number of imidazole rings is 1. The molecule has 4 rings (SSSR count). The molecule has 0 spiro atoms. The summed E-state index contributed by atoms with van der Waals surface area (Å²) in [5, 5.41) is 2.89. The van der Waals surface area contributed by atoms with Gasteiger partial charge in [-0.3, -0.25) is 9.59 Å². The van der Waals surface area contributed by atoms with Crippen LogP contribution in [0.2, 0.25) is 0 Å². The topological polar surface area (TPSA) is 77.6 Å². The molecule has 0 radical (unpaired) electrons. The van der Waals surface area contributed by atoms with E-state index in [2.05, 4.69) is 5.32 Å². The van der Waals surface area contributed by atoms with Gasteiger partial charge in [0.2, 0.25) is 11.7 Å². The lowest BCUT2D eigenvalue weighted by atomic mass is 10.1. The number of hydrogen-bond donors (Lipinski definition) is 1. The summed E-state index contributed by atoms with van der Waals surface area (Å²) in [6.45, 7) is 3.89. The fourth-order valence-electron chi connectivity index (χ4n) is 3.46. The summed E-state index contributed by atoms with van der Waals surface area (Å²) in [7, 11) is 1.59. The number of benzene rings is 2. The molecule has 0 aliphatic carbocycles. The van der Waals surface area contributed by atoms with E-state index in [9.17, 15) is 9.59 Å². The first kappa shape index (κ1) is 18.7. The maximum absolute atomic E-state index is 13.0. The summed E-state index contributed by atoms with van der Waals surface area (Å²) in [4.78, 5) is 30.2. The van der Waals surface area contributed by atoms with Crippen LogP contribution in [0.4, 0.5) is 0 Å². The van der Waals surface area contributed by atoms with E-state index in [1.54, 1.807) is 16.1 Å². The number of amides is 1. The first-order chi connectivity index (χ1) is 14.0.